The lowest BCUT2D eigenvalue weighted by Gasteiger charge is -2.38. The number of aryl methyl sites for hydroxylation is 2. The third-order valence-corrected chi connectivity index (χ3v) is 6.80. The summed E-state index contributed by atoms with van der Waals surface area (Å²) in [5, 5.41) is 5.05. The SMILES string of the molecule is Cc1ccc2c(c1)Oc1cccc(C)c1C2NC(=O)C1CC(CCN(C)C)C(C(F)(F)F)NC1=O. The zero-order valence-electron chi connectivity index (χ0n) is 20.2. The number of hydrogen-bond acceptors (Lipinski definition) is 4. The average Bonchev–Trinajstić information content (AvgIpc) is 2.76. The number of nitrogens with zero attached hydrogens (tertiary/aromatic N) is 1. The van der Waals surface area contributed by atoms with Crippen molar-refractivity contribution in [1.29, 1.82) is 0 Å². The molecule has 2 aromatic rings. The molecule has 4 unspecified atom stereocenters. The minimum Gasteiger partial charge on any atom is -0.457 e. The van der Waals surface area contributed by atoms with Gasteiger partial charge in [-0.05, 0) is 76.5 Å². The summed E-state index contributed by atoms with van der Waals surface area (Å²) in [5.74, 6) is -2.41. The molecule has 1 fully saturated rings. The van der Waals surface area contributed by atoms with Gasteiger partial charge in [0.1, 0.15) is 23.5 Å². The lowest BCUT2D eigenvalue weighted by Crippen LogP contribution is -2.59. The molecule has 0 spiro atoms. The van der Waals surface area contributed by atoms with Gasteiger partial charge in [0.2, 0.25) is 11.8 Å². The van der Waals surface area contributed by atoms with Gasteiger partial charge in [-0.3, -0.25) is 9.59 Å². The normalized spacial score (nSPS) is 23.7. The average molecular weight is 490 g/mol. The van der Waals surface area contributed by atoms with Gasteiger partial charge in [0, 0.05) is 11.1 Å². The number of carbonyl (C=O) groups excluding carboxylic acids is 2. The van der Waals surface area contributed by atoms with Crippen molar-refractivity contribution in [3.63, 3.8) is 0 Å². The fourth-order valence-corrected chi connectivity index (χ4v) is 4.95. The Bertz CT molecular complexity index is 1130. The van der Waals surface area contributed by atoms with Crippen LogP contribution in [0.1, 0.15) is 41.1 Å². The molecular formula is C26H30F3N3O3. The first-order valence-corrected chi connectivity index (χ1v) is 11.7. The molecule has 0 aliphatic carbocycles. The van der Waals surface area contributed by atoms with E-state index in [1.54, 1.807) is 19.0 Å². The second kappa shape index (κ2) is 9.53. The maximum Gasteiger partial charge on any atom is 0.408 e. The highest BCUT2D eigenvalue weighted by Gasteiger charge is 2.51. The molecule has 188 valence electrons. The number of amides is 2. The lowest BCUT2D eigenvalue weighted by molar-refractivity contribution is -0.182. The quantitative estimate of drug-likeness (QED) is 0.617. The van der Waals surface area contributed by atoms with E-state index < -0.39 is 41.9 Å². The van der Waals surface area contributed by atoms with Gasteiger partial charge >= 0.3 is 6.18 Å². The van der Waals surface area contributed by atoms with Gasteiger partial charge in [0.25, 0.3) is 0 Å². The molecule has 35 heavy (non-hydrogen) atoms. The number of nitrogens with one attached hydrogen (secondary N) is 2. The fourth-order valence-electron chi connectivity index (χ4n) is 4.95. The summed E-state index contributed by atoms with van der Waals surface area (Å²) in [5.41, 5.74) is 3.39. The first-order chi connectivity index (χ1) is 16.5. The molecular weight excluding hydrogens is 459 g/mol. The van der Waals surface area contributed by atoms with Crippen LogP contribution < -0.4 is 15.4 Å². The summed E-state index contributed by atoms with van der Waals surface area (Å²) in [6, 6.07) is 8.66. The van der Waals surface area contributed by atoms with Crippen LogP contribution in [0.2, 0.25) is 0 Å². The lowest BCUT2D eigenvalue weighted by atomic mass is 9.80. The van der Waals surface area contributed by atoms with Gasteiger partial charge < -0.3 is 20.3 Å². The summed E-state index contributed by atoms with van der Waals surface area (Å²) in [6.07, 6.45) is -4.54. The van der Waals surface area contributed by atoms with Crippen molar-refractivity contribution in [3.05, 3.63) is 58.7 Å². The summed E-state index contributed by atoms with van der Waals surface area (Å²) in [6.45, 7) is 4.25. The Balaban J connectivity index is 1.62. The van der Waals surface area contributed by atoms with E-state index in [4.69, 9.17) is 4.74 Å². The van der Waals surface area contributed by atoms with E-state index in [9.17, 15) is 22.8 Å². The molecule has 2 heterocycles. The van der Waals surface area contributed by atoms with Crippen molar-refractivity contribution < 1.29 is 27.5 Å². The van der Waals surface area contributed by atoms with E-state index in [0.717, 1.165) is 22.3 Å². The number of carbonyl (C=O) groups is 2. The van der Waals surface area contributed by atoms with E-state index in [1.165, 1.54) is 0 Å². The van der Waals surface area contributed by atoms with Crippen LogP contribution in [0.4, 0.5) is 13.2 Å². The highest BCUT2D eigenvalue weighted by atomic mass is 19.4. The number of piperidine rings is 1. The number of rotatable bonds is 5. The molecule has 2 amide bonds. The topological polar surface area (TPSA) is 70.7 Å². The van der Waals surface area contributed by atoms with Crippen molar-refractivity contribution in [2.75, 3.05) is 20.6 Å². The number of ether oxygens (including phenoxy) is 1. The van der Waals surface area contributed by atoms with Crippen LogP contribution in [-0.2, 0) is 9.59 Å². The molecule has 4 atom stereocenters. The minimum absolute atomic E-state index is 0.166. The third-order valence-electron chi connectivity index (χ3n) is 6.80. The molecule has 2 aromatic carbocycles. The van der Waals surface area contributed by atoms with E-state index in [2.05, 4.69) is 10.6 Å². The Morgan fingerprint density at radius 3 is 2.60 bits per heavy atom. The number of halogens is 3. The Morgan fingerprint density at radius 2 is 1.91 bits per heavy atom. The van der Waals surface area contributed by atoms with Gasteiger partial charge in [-0.15, -0.1) is 0 Å². The summed E-state index contributed by atoms with van der Waals surface area (Å²) in [7, 11) is 3.55. The maximum absolute atomic E-state index is 13.7. The molecule has 0 aromatic heterocycles. The van der Waals surface area contributed by atoms with E-state index in [0.29, 0.717) is 18.0 Å². The van der Waals surface area contributed by atoms with Gasteiger partial charge in [-0.2, -0.15) is 13.2 Å². The molecule has 2 aliphatic rings. The van der Waals surface area contributed by atoms with E-state index in [-0.39, 0.29) is 12.8 Å². The van der Waals surface area contributed by atoms with Crippen LogP contribution in [0.5, 0.6) is 11.5 Å². The molecule has 0 saturated carbocycles. The van der Waals surface area contributed by atoms with Crippen LogP contribution in [0.25, 0.3) is 0 Å². The molecule has 1 saturated heterocycles. The van der Waals surface area contributed by atoms with Crippen molar-refractivity contribution >= 4 is 11.8 Å². The number of alkyl halides is 3. The largest absolute Gasteiger partial charge is 0.457 e. The van der Waals surface area contributed by atoms with Crippen LogP contribution in [-0.4, -0.2) is 49.6 Å². The number of benzene rings is 2. The van der Waals surface area contributed by atoms with Crippen molar-refractivity contribution in [3.8, 4) is 11.5 Å². The molecule has 6 nitrogen and oxygen atoms in total. The van der Waals surface area contributed by atoms with Gasteiger partial charge in [0.15, 0.2) is 0 Å². The van der Waals surface area contributed by atoms with Gasteiger partial charge in [-0.1, -0.05) is 24.3 Å². The molecule has 2 aliphatic heterocycles. The number of hydrogen-bond donors (Lipinski definition) is 2. The zero-order valence-corrected chi connectivity index (χ0v) is 20.2. The molecule has 4 rings (SSSR count). The van der Waals surface area contributed by atoms with Crippen LogP contribution in [0, 0.1) is 25.7 Å². The minimum atomic E-state index is -4.58. The monoisotopic (exact) mass is 489 g/mol. The van der Waals surface area contributed by atoms with Crippen LogP contribution in [0.15, 0.2) is 36.4 Å². The van der Waals surface area contributed by atoms with Crippen LogP contribution >= 0.6 is 0 Å². The first-order valence-electron chi connectivity index (χ1n) is 11.7. The molecule has 9 heteroatoms. The van der Waals surface area contributed by atoms with Crippen molar-refractivity contribution in [2.24, 2.45) is 11.8 Å². The number of fused-ring (bicyclic) bond motifs is 2. The highest BCUT2D eigenvalue weighted by Crippen LogP contribution is 2.45. The molecule has 2 N–H and O–H groups in total. The molecule has 0 radical (unpaired) electrons. The Morgan fingerprint density at radius 1 is 1.17 bits per heavy atom. The summed E-state index contributed by atoms with van der Waals surface area (Å²) in [4.78, 5) is 27.9. The third kappa shape index (κ3) is 5.15. The van der Waals surface area contributed by atoms with E-state index >= 15 is 0 Å². The second-order valence-corrected chi connectivity index (χ2v) is 9.74. The smallest absolute Gasteiger partial charge is 0.408 e. The summed E-state index contributed by atoms with van der Waals surface area (Å²) >= 11 is 0. The maximum atomic E-state index is 13.7. The summed E-state index contributed by atoms with van der Waals surface area (Å²) < 4.78 is 47.0. The first kappa shape index (κ1) is 25.0. The van der Waals surface area contributed by atoms with E-state index in [1.807, 2.05) is 50.2 Å². The zero-order chi connectivity index (χ0) is 25.5. The Labute approximate surface area is 202 Å². The van der Waals surface area contributed by atoms with Crippen LogP contribution in [0.3, 0.4) is 0 Å². The Hall–Kier alpha value is -3.07. The molecule has 0 bridgehead atoms. The fraction of sp³-hybridized carbons (Fsp3) is 0.462. The predicted octanol–water partition coefficient (Wildman–Crippen LogP) is 4.25. The van der Waals surface area contributed by atoms with Gasteiger partial charge in [0.05, 0.1) is 6.04 Å². The van der Waals surface area contributed by atoms with Crippen molar-refractivity contribution in [1.82, 2.24) is 15.5 Å². The van der Waals surface area contributed by atoms with Gasteiger partial charge in [-0.25, -0.2) is 0 Å². The second-order valence-electron chi connectivity index (χ2n) is 9.74. The highest BCUT2D eigenvalue weighted by molar-refractivity contribution is 6.01. The standard InChI is InChI=1S/C26H30F3N3O3/c1-14-8-9-17-20(12-14)35-19-7-5-6-15(2)21(19)22(17)30-24(33)18-13-16(10-11-32(3)4)23(26(27,28)29)31-25(18)34/h5-9,12,16,18,22-23H,10-11,13H2,1-4H3,(H,30,33)(H,31,34). The predicted molar refractivity (Wildman–Crippen MR) is 125 cm³/mol. The van der Waals surface area contributed by atoms with Crippen molar-refractivity contribution in [2.45, 2.75) is 44.9 Å². The Kier molecular flexibility index (Phi) is 6.81.